The minimum atomic E-state index is -0.0752. The monoisotopic (exact) mass is 322 g/mol. The third kappa shape index (κ3) is 3.04. The molecule has 0 saturated heterocycles. The smallest absolute Gasteiger partial charge is 0.212 e. The summed E-state index contributed by atoms with van der Waals surface area (Å²) in [6, 6.07) is 7.21. The van der Waals surface area contributed by atoms with Crippen LogP contribution in [0.25, 0.3) is 0 Å². The maximum atomic E-state index is 12.4. The number of halogens is 1. The van der Waals surface area contributed by atoms with Gasteiger partial charge in [-0.05, 0) is 34.5 Å². The van der Waals surface area contributed by atoms with Crippen LogP contribution in [0.4, 0.5) is 0 Å². The topological polar surface area (TPSA) is 44.1 Å². The predicted octanol–water partition coefficient (Wildman–Crippen LogP) is 3.20. The number of carbonyl (C=O) groups is 1. The average Bonchev–Trinajstić information content (AvgIpc) is 2.75. The Bertz CT molecular complexity index is 573. The fourth-order valence-electron chi connectivity index (χ4n) is 1.75. The van der Waals surface area contributed by atoms with Gasteiger partial charge >= 0.3 is 0 Å². The number of hydrogen-bond acceptors (Lipinski definition) is 3. The summed E-state index contributed by atoms with van der Waals surface area (Å²) in [7, 11) is 1.75. The third-order valence-electron chi connectivity index (χ3n) is 2.68. The minimum absolute atomic E-state index is 0.0752. The highest BCUT2D eigenvalue weighted by atomic mass is 79.9. The van der Waals surface area contributed by atoms with Gasteiger partial charge < -0.3 is 4.74 Å². The highest BCUT2D eigenvalue weighted by Gasteiger charge is 2.17. The van der Waals surface area contributed by atoms with Crippen LogP contribution in [0, 0.1) is 0 Å². The van der Waals surface area contributed by atoms with Crippen molar-refractivity contribution in [3.05, 3.63) is 46.2 Å². The molecule has 0 radical (unpaired) electrons. The molecule has 0 N–H and O–H groups in total. The van der Waals surface area contributed by atoms with Crippen LogP contribution in [0.1, 0.15) is 29.4 Å². The first-order valence-corrected chi connectivity index (χ1v) is 6.88. The van der Waals surface area contributed by atoms with E-state index in [2.05, 4.69) is 21.0 Å². The molecule has 0 aliphatic carbocycles. The fourth-order valence-corrected chi connectivity index (χ4v) is 2.28. The van der Waals surface area contributed by atoms with E-state index in [0.29, 0.717) is 28.1 Å². The predicted molar refractivity (Wildman–Crippen MR) is 76.6 cm³/mol. The Balaban J connectivity index is 2.29. The van der Waals surface area contributed by atoms with Crippen LogP contribution in [0.5, 0.6) is 5.75 Å². The van der Waals surface area contributed by atoms with E-state index in [1.807, 2.05) is 19.1 Å². The Morgan fingerprint density at radius 2 is 2.26 bits per heavy atom. The molecular weight excluding hydrogens is 308 g/mol. The van der Waals surface area contributed by atoms with Crippen molar-refractivity contribution in [1.29, 1.82) is 0 Å². The summed E-state index contributed by atoms with van der Waals surface area (Å²) in [6.07, 6.45) is 2.55. The summed E-state index contributed by atoms with van der Waals surface area (Å²) >= 11 is 3.34. The lowest BCUT2D eigenvalue weighted by Crippen LogP contribution is -2.09. The van der Waals surface area contributed by atoms with E-state index in [4.69, 9.17) is 4.74 Å². The summed E-state index contributed by atoms with van der Waals surface area (Å²) < 4.78 is 7.79. The average molecular weight is 323 g/mol. The van der Waals surface area contributed by atoms with Crippen molar-refractivity contribution in [2.45, 2.75) is 13.3 Å². The van der Waals surface area contributed by atoms with E-state index in [-0.39, 0.29) is 5.78 Å². The van der Waals surface area contributed by atoms with Gasteiger partial charge in [0.2, 0.25) is 5.78 Å². The lowest BCUT2D eigenvalue weighted by molar-refractivity contribution is 0.102. The molecule has 5 heteroatoms. The van der Waals surface area contributed by atoms with Crippen molar-refractivity contribution in [3.63, 3.8) is 0 Å². The second kappa shape index (κ2) is 6.02. The molecule has 1 aromatic carbocycles. The van der Waals surface area contributed by atoms with Gasteiger partial charge in [-0.2, -0.15) is 5.10 Å². The van der Waals surface area contributed by atoms with Crippen molar-refractivity contribution < 1.29 is 9.53 Å². The second-order valence-corrected chi connectivity index (χ2v) is 5.02. The van der Waals surface area contributed by atoms with Crippen LogP contribution >= 0.6 is 15.9 Å². The Labute approximate surface area is 120 Å². The first-order chi connectivity index (χ1) is 9.13. The first-order valence-electron chi connectivity index (χ1n) is 6.08. The number of benzene rings is 1. The summed E-state index contributed by atoms with van der Waals surface area (Å²) in [6.45, 7) is 2.69. The largest absolute Gasteiger partial charge is 0.494 e. The number of ether oxygens (including phenoxy) is 1. The Morgan fingerprint density at radius 3 is 2.89 bits per heavy atom. The van der Waals surface area contributed by atoms with Crippen molar-refractivity contribution in [2.24, 2.45) is 7.05 Å². The molecule has 0 amide bonds. The van der Waals surface area contributed by atoms with E-state index >= 15 is 0 Å². The molecular formula is C14H15BrN2O2. The normalized spacial score (nSPS) is 10.5. The first kappa shape index (κ1) is 13.8. The number of hydrogen-bond donors (Lipinski definition) is 0. The maximum Gasteiger partial charge on any atom is 0.212 e. The molecule has 4 nitrogen and oxygen atoms in total. The quantitative estimate of drug-likeness (QED) is 0.794. The lowest BCUT2D eigenvalue weighted by atomic mass is 10.1. The van der Waals surface area contributed by atoms with Crippen LogP contribution < -0.4 is 4.74 Å². The van der Waals surface area contributed by atoms with Gasteiger partial charge in [-0.3, -0.25) is 9.48 Å². The third-order valence-corrected chi connectivity index (χ3v) is 3.26. The van der Waals surface area contributed by atoms with E-state index < -0.39 is 0 Å². The van der Waals surface area contributed by atoms with Crippen molar-refractivity contribution in [1.82, 2.24) is 9.78 Å². The number of carbonyl (C=O) groups excluding carboxylic acids is 1. The van der Waals surface area contributed by atoms with Crippen molar-refractivity contribution >= 4 is 21.7 Å². The lowest BCUT2D eigenvalue weighted by Gasteiger charge is -2.07. The molecule has 0 aliphatic rings. The number of aromatic nitrogens is 2. The molecule has 0 fully saturated rings. The summed E-state index contributed by atoms with van der Waals surface area (Å²) in [5, 5.41) is 4.05. The van der Waals surface area contributed by atoms with Gasteiger partial charge in [-0.25, -0.2) is 0 Å². The zero-order chi connectivity index (χ0) is 13.8. The van der Waals surface area contributed by atoms with Crippen LogP contribution in [0.3, 0.4) is 0 Å². The molecule has 1 heterocycles. The van der Waals surface area contributed by atoms with Gasteiger partial charge in [0.05, 0.1) is 17.3 Å². The molecule has 0 bridgehead atoms. The fraction of sp³-hybridized carbons (Fsp3) is 0.286. The molecule has 0 atom stereocenters. The summed E-state index contributed by atoms with van der Waals surface area (Å²) in [4.78, 5) is 12.4. The van der Waals surface area contributed by atoms with Gasteiger partial charge in [0.25, 0.3) is 0 Å². The molecule has 100 valence electrons. The number of rotatable bonds is 5. The van der Waals surface area contributed by atoms with Crippen LogP contribution in [-0.2, 0) is 7.05 Å². The molecule has 0 spiro atoms. The molecule has 2 rings (SSSR count). The molecule has 0 saturated carbocycles. The van der Waals surface area contributed by atoms with E-state index in [9.17, 15) is 4.79 Å². The highest BCUT2D eigenvalue weighted by molar-refractivity contribution is 9.10. The number of nitrogens with zero attached hydrogens (tertiary/aromatic N) is 2. The van der Waals surface area contributed by atoms with Crippen LogP contribution in [0.15, 0.2) is 34.9 Å². The van der Waals surface area contributed by atoms with Gasteiger partial charge in [-0.15, -0.1) is 0 Å². The van der Waals surface area contributed by atoms with E-state index in [1.165, 1.54) is 0 Å². The zero-order valence-electron chi connectivity index (χ0n) is 10.9. The van der Waals surface area contributed by atoms with Crippen LogP contribution in [-0.4, -0.2) is 22.2 Å². The van der Waals surface area contributed by atoms with Gasteiger partial charge in [0.15, 0.2) is 0 Å². The SMILES string of the molecule is CCCOc1cccc(C(=O)c2c(Br)cnn2C)c1. The maximum absolute atomic E-state index is 12.4. The molecule has 1 aromatic heterocycles. The van der Waals surface area contributed by atoms with Gasteiger partial charge in [0.1, 0.15) is 11.4 Å². The standard InChI is InChI=1S/C14H15BrN2O2/c1-3-7-19-11-6-4-5-10(8-11)14(18)13-12(15)9-16-17(13)2/h4-6,8-9H,3,7H2,1-2H3. The van der Waals surface area contributed by atoms with E-state index in [0.717, 1.165) is 6.42 Å². The Hall–Kier alpha value is -1.62. The highest BCUT2D eigenvalue weighted by Crippen LogP contribution is 2.21. The van der Waals surface area contributed by atoms with Crippen LogP contribution in [0.2, 0.25) is 0 Å². The zero-order valence-corrected chi connectivity index (χ0v) is 12.5. The second-order valence-electron chi connectivity index (χ2n) is 4.17. The Morgan fingerprint density at radius 1 is 1.47 bits per heavy atom. The molecule has 2 aromatic rings. The minimum Gasteiger partial charge on any atom is -0.494 e. The number of ketones is 1. The summed E-state index contributed by atoms with van der Waals surface area (Å²) in [5.74, 6) is 0.639. The van der Waals surface area contributed by atoms with Gasteiger partial charge in [-0.1, -0.05) is 19.1 Å². The Kier molecular flexibility index (Phi) is 4.37. The van der Waals surface area contributed by atoms with Crippen molar-refractivity contribution in [3.8, 4) is 5.75 Å². The van der Waals surface area contributed by atoms with Crippen molar-refractivity contribution in [2.75, 3.05) is 6.61 Å². The number of aryl methyl sites for hydroxylation is 1. The molecule has 0 unspecified atom stereocenters. The van der Waals surface area contributed by atoms with Gasteiger partial charge in [0, 0.05) is 12.6 Å². The van der Waals surface area contributed by atoms with E-state index in [1.54, 1.807) is 30.1 Å². The molecule has 19 heavy (non-hydrogen) atoms. The summed E-state index contributed by atoms with van der Waals surface area (Å²) in [5.41, 5.74) is 1.13. The molecule has 0 aliphatic heterocycles.